The molecule has 0 unspecified atom stereocenters. The third kappa shape index (κ3) is 5.61. The first-order valence-corrected chi connectivity index (χ1v) is 8.56. The van der Waals surface area contributed by atoms with Gasteiger partial charge in [-0.2, -0.15) is 0 Å². The molecule has 1 aromatic rings. The van der Waals surface area contributed by atoms with Crippen LogP contribution in [0.15, 0.2) is 6.07 Å². The fraction of sp³-hybridized carbons (Fsp3) is 0.643. The minimum absolute atomic E-state index is 0. The number of carbonyl (C=O) groups is 1. The van der Waals surface area contributed by atoms with E-state index in [1.807, 2.05) is 18.0 Å². The fourth-order valence-electron chi connectivity index (χ4n) is 2.55. The number of nitrogens with zero attached hydrogens (tertiary/aromatic N) is 1. The average molecular weight is 372 g/mol. The minimum atomic E-state index is 0. The maximum atomic E-state index is 12.1. The van der Waals surface area contributed by atoms with E-state index < -0.39 is 0 Å². The molecule has 21 heavy (non-hydrogen) atoms. The number of likely N-dealkylation sites (tertiary alicyclic amines) is 1. The number of amides is 1. The Morgan fingerprint density at radius 3 is 2.62 bits per heavy atom. The van der Waals surface area contributed by atoms with Gasteiger partial charge < -0.3 is 10.2 Å². The van der Waals surface area contributed by atoms with Crippen LogP contribution in [0.25, 0.3) is 0 Å². The van der Waals surface area contributed by atoms with Crippen LogP contribution >= 0.6 is 46.9 Å². The highest BCUT2D eigenvalue weighted by molar-refractivity contribution is 7.20. The second-order valence-electron chi connectivity index (χ2n) is 5.15. The van der Waals surface area contributed by atoms with Gasteiger partial charge in [-0.1, -0.05) is 23.2 Å². The molecular weight excluding hydrogens is 351 g/mol. The zero-order valence-electron chi connectivity index (χ0n) is 12.0. The molecule has 3 nitrogen and oxygen atoms in total. The van der Waals surface area contributed by atoms with Gasteiger partial charge in [-0.15, -0.1) is 23.7 Å². The second kappa shape index (κ2) is 9.21. The van der Waals surface area contributed by atoms with Crippen LogP contribution < -0.4 is 5.32 Å². The quantitative estimate of drug-likeness (QED) is 0.848. The first kappa shape index (κ1) is 19.0. The van der Waals surface area contributed by atoms with Gasteiger partial charge >= 0.3 is 0 Å². The van der Waals surface area contributed by atoms with E-state index in [1.54, 1.807) is 0 Å². The van der Waals surface area contributed by atoms with Crippen molar-refractivity contribution in [2.24, 2.45) is 0 Å². The zero-order valence-corrected chi connectivity index (χ0v) is 15.2. The number of carbonyl (C=O) groups excluding carboxylic acids is 1. The van der Waals surface area contributed by atoms with Crippen LogP contribution in [0.3, 0.4) is 0 Å². The van der Waals surface area contributed by atoms with Crippen molar-refractivity contribution in [1.29, 1.82) is 0 Å². The third-order valence-electron chi connectivity index (χ3n) is 3.82. The molecule has 0 radical (unpaired) electrons. The van der Waals surface area contributed by atoms with E-state index in [-0.39, 0.29) is 18.3 Å². The van der Waals surface area contributed by atoms with E-state index >= 15 is 0 Å². The molecule has 1 aliphatic heterocycles. The van der Waals surface area contributed by atoms with Crippen LogP contribution in [0.5, 0.6) is 0 Å². The van der Waals surface area contributed by atoms with Gasteiger partial charge in [0.25, 0.3) is 0 Å². The molecule has 0 atom stereocenters. The lowest BCUT2D eigenvalue weighted by Gasteiger charge is -2.31. The van der Waals surface area contributed by atoms with Crippen molar-refractivity contribution in [3.8, 4) is 0 Å². The molecule has 7 heteroatoms. The van der Waals surface area contributed by atoms with Crippen LogP contribution in [0.1, 0.15) is 31.2 Å². The van der Waals surface area contributed by atoms with Gasteiger partial charge in [0, 0.05) is 25.6 Å². The summed E-state index contributed by atoms with van der Waals surface area (Å²) in [6.07, 6.45) is 4.34. The normalized spacial score (nSPS) is 15.9. The topological polar surface area (TPSA) is 32.3 Å². The Morgan fingerprint density at radius 2 is 2.10 bits per heavy atom. The molecule has 0 saturated carbocycles. The van der Waals surface area contributed by atoms with E-state index in [4.69, 9.17) is 23.2 Å². The summed E-state index contributed by atoms with van der Waals surface area (Å²) in [5.74, 6) is 0.261. The van der Waals surface area contributed by atoms with Gasteiger partial charge in [0.1, 0.15) is 0 Å². The van der Waals surface area contributed by atoms with Crippen LogP contribution in [0.4, 0.5) is 0 Å². The van der Waals surface area contributed by atoms with Crippen molar-refractivity contribution in [2.45, 2.75) is 38.1 Å². The summed E-state index contributed by atoms with van der Waals surface area (Å²) in [6.45, 7) is 1.74. The number of aryl methyl sites for hydroxylation is 1. The maximum Gasteiger partial charge on any atom is 0.222 e. The smallest absolute Gasteiger partial charge is 0.222 e. The Balaban J connectivity index is 0.00000220. The van der Waals surface area contributed by atoms with Gasteiger partial charge in [-0.3, -0.25) is 4.79 Å². The summed E-state index contributed by atoms with van der Waals surface area (Å²) in [5, 5.41) is 3.27. The molecule has 120 valence electrons. The maximum absolute atomic E-state index is 12.1. The monoisotopic (exact) mass is 370 g/mol. The fourth-order valence-corrected chi connectivity index (χ4v) is 4.10. The Morgan fingerprint density at radius 1 is 1.43 bits per heavy atom. The second-order valence-corrected chi connectivity index (χ2v) is 7.43. The number of nitrogens with one attached hydrogen (secondary N) is 1. The van der Waals surface area contributed by atoms with Crippen molar-refractivity contribution in [2.75, 3.05) is 20.1 Å². The molecule has 2 heterocycles. The van der Waals surface area contributed by atoms with Crippen LogP contribution in [-0.4, -0.2) is 37.0 Å². The van der Waals surface area contributed by atoms with Crippen molar-refractivity contribution in [3.63, 3.8) is 0 Å². The van der Waals surface area contributed by atoms with Crippen molar-refractivity contribution >= 4 is 52.9 Å². The first-order valence-electron chi connectivity index (χ1n) is 6.99. The number of hydrogen-bond acceptors (Lipinski definition) is 3. The van der Waals surface area contributed by atoms with Gasteiger partial charge in [0.2, 0.25) is 5.91 Å². The lowest BCUT2D eigenvalue weighted by atomic mass is 10.0. The average Bonchev–Trinajstić information content (AvgIpc) is 2.77. The number of piperidine rings is 1. The summed E-state index contributed by atoms with van der Waals surface area (Å²) in [4.78, 5) is 14.1. The highest BCUT2D eigenvalue weighted by atomic mass is 35.5. The largest absolute Gasteiger partial charge is 0.343 e. The van der Waals surface area contributed by atoms with Gasteiger partial charge in [-0.25, -0.2) is 0 Å². The summed E-state index contributed by atoms with van der Waals surface area (Å²) >= 11 is 13.4. The predicted molar refractivity (Wildman–Crippen MR) is 93.2 cm³/mol. The predicted octanol–water partition coefficient (Wildman–Crippen LogP) is 4.01. The van der Waals surface area contributed by atoms with E-state index in [0.717, 1.165) is 48.7 Å². The number of hydrogen-bond donors (Lipinski definition) is 1. The number of halogens is 3. The van der Waals surface area contributed by atoms with Crippen LogP contribution in [-0.2, 0) is 11.2 Å². The highest BCUT2D eigenvalue weighted by Gasteiger charge is 2.21. The van der Waals surface area contributed by atoms with Gasteiger partial charge in [-0.05, 0) is 44.4 Å². The zero-order chi connectivity index (χ0) is 14.5. The molecule has 2 rings (SSSR count). The minimum Gasteiger partial charge on any atom is -0.343 e. The molecule has 1 saturated heterocycles. The summed E-state index contributed by atoms with van der Waals surface area (Å²) < 4.78 is 1.46. The molecule has 0 aliphatic carbocycles. The van der Waals surface area contributed by atoms with E-state index in [9.17, 15) is 4.79 Å². The Hall–Kier alpha value is -0.000000000000000222. The molecule has 0 aromatic carbocycles. The van der Waals surface area contributed by atoms with Gasteiger partial charge in [0.15, 0.2) is 0 Å². The van der Waals surface area contributed by atoms with Gasteiger partial charge in [0.05, 0.1) is 8.67 Å². The highest BCUT2D eigenvalue weighted by Crippen LogP contribution is 2.32. The Labute approximate surface area is 146 Å². The number of thiophene rings is 1. The van der Waals surface area contributed by atoms with Crippen molar-refractivity contribution in [1.82, 2.24) is 10.2 Å². The third-order valence-corrected chi connectivity index (χ3v) is 5.39. The molecule has 1 amide bonds. The molecule has 1 N–H and O–H groups in total. The lowest BCUT2D eigenvalue weighted by Crippen LogP contribution is -2.43. The van der Waals surface area contributed by atoms with E-state index in [1.165, 1.54) is 11.3 Å². The molecule has 1 aromatic heterocycles. The van der Waals surface area contributed by atoms with Crippen molar-refractivity contribution < 1.29 is 4.79 Å². The molecule has 0 spiro atoms. The van der Waals surface area contributed by atoms with Crippen molar-refractivity contribution in [3.05, 3.63) is 20.3 Å². The summed E-state index contributed by atoms with van der Waals surface area (Å²) in [6, 6.07) is 2.46. The molecular formula is C14H21Cl3N2OS. The van der Waals surface area contributed by atoms with E-state index in [2.05, 4.69) is 5.32 Å². The first-order chi connectivity index (χ1) is 9.60. The SMILES string of the molecule is CNC1CCN(C(=O)CCCc2cc(Cl)sc2Cl)CC1.Cl. The molecule has 1 aliphatic rings. The van der Waals surface area contributed by atoms with E-state index in [0.29, 0.717) is 16.8 Å². The summed E-state index contributed by atoms with van der Waals surface area (Å²) in [7, 11) is 1.98. The molecule has 0 bridgehead atoms. The lowest BCUT2D eigenvalue weighted by molar-refractivity contribution is -0.132. The summed E-state index contributed by atoms with van der Waals surface area (Å²) in [5.41, 5.74) is 1.06. The standard InChI is InChI=1S/C14H20Cl2N2OS.ClH/c1-17-11-5-7-18(8-6-11)13(19)4-2-3-10-9-12(15)20-14(10)16;/h9,11,17H,2-8H2,1H3;1H. The van der Waals surface area contributed by atoms with Crippen LogP contribution in [0.2, 0.25) is 8.67 Å². The Kier molecular flexibility index (Phi) is 8.35. The molecule has 1 fully saturated rings. The van der Waals surface area contributed by atoms with Crippen LogP contribution in [0, 0.1) is 0 Å². The Bertz CT molecular complexity index is 459. The number of rotatable bonds is 5.